The van der Waals surface area contributed by atoms with Crippen molar-refractivity contribution in [3.63, 3.8) is 0 Å². The smallest absolute Gasteiger partial charge is 0.333 e. The summed E-state index contributed by atoms with van der Waals surface area (Å²) in [6, 6.07) is 0. The molecule has 0 spiro atoms. The maximum atomic E-state index is 13.4. The van der Waals surface area contributed by atoms with Crippen molar-refractivity contribution in [3.8, 4) is 0 Å². The van der Waals surface area contributed by atoms with Gasteiger partial charge in [-0.05, 0) is 63.4 Å². The molecule has 4 aliphatic carbocycles. The quantitative estimate of drug-likeness (QED) is 0.360. The number of carbonyl (C=O) groups excluding carboxylic acids is 2. The Labute approximate surface area is 216 Å². The minimum Gasteiger partial charge on any atom is -0.458 e. The molecule has 7 nitrogen and oxygen atoms in total. The Morgan fingerprint density at radius 2 is 1.83 bits per heavy atom. The Bertz CT molecular complexity index is 1100. The number of cyclic esters (lactones) is 1. The predicted octanol–water partition coefficient (Wildman–Crippen LogP) is 3.03. The maximum absolute atomic E-state index is 13.4. The first kappa shape index (κ1) is 25.1. The Balaban J connectivity index is 1.42. The van der Waals surface area contributed by atoms with E-state index in [1.54, 1.807) is 19.1 Å². The summed E-state index contributed by atoms with van der Waals surface area (Å²) in [5.41, 5.74) is -1.92. The third-order valence-electron chi connectivity index (χ3n) is 11.9. The highest BCUT2D eigenvalue weighted by atomic mass is 35.5. The van der Waals surface area contributed by atoms with Gasteiger partial charge in [0.25, 0.3) is 0 Å². The topological polar surface area (TPSA) is 113 Å². The van der Waals surface area contributed by atoms with E-state index in [9.17, 15) is 24.9 Å². The van der Waals surface area contributed by atoms with E-state index >= 15 is 0 Å². The number of esters is 1. The van der Waals surface area contributed by atoms with Crippen molar-refractivity contribution in [1.29, 1.82) is 0 Å². The molecule has 0 aromatic heterocycles. The van der Waals surface area contributed by atoms with Crippen molar-refractivity contribution in [2.45, 2.75) is 94.7 Å². The Morgan fingerprint density at radius 1 is 1.11 bits per heavy atom. The highest BCUT2D eigenvalue weighted by molar-refractivity contribution is 6.28. The van der Waals surface area contributed by atoms with Crippen LogP contribution in [0.4, 0.5) is 0 Å². The number of aliphatic hydroxyl groups excluding tert-OH is 1. The van der Waals surface area contributed by atoms with E-state index in [4.69, 9.17) is 21.1 Å². The van der Waals surface area contributed by atoms with Gasteiger partial charge in [0, 0.05) is 24.3 Å². The van der Waals surface area contributed by atoms with Gasteiger partial charge >= 0.3 is 5.97 Å². The van der Waals surface area contributed by atoms with Crippen LogP contribution in [0.25, 0.3) is 0 Å². The second-order valence-corrected chi connectivity index (χ2v) is 13.5. The van der Waals surface area contributed by atoms with Crippen molar-refractivity contribution in [3.05, 3.63) is 23.3 Å². The lowest BCUT2D eigenvalue weighted by Crippen LogP contribution is -2.77. The maximum Gasteiger partial charge on any atom is 0.333 e. The van der Waals surface area contributed by atoms with E-state index in [0.29, 0.717) is 37.7 Å². The van der Waals surface area contributed by atoms with E-state index in [1.807, 2.05) is 20.8 Å². The van der Waals surface area contributed by atoms with E-state index in [0.717, 1.165) is 5.57 Å². The third-order valence-corrected chi connectivity index (χ3v) is 12.7. The molecule has 0 aromatic carbocycles. The zero-order chi connectivity index (χ0) is 26.1. The number of ketones is 1. The van der Waals surface area contributed by atoms with Crippen LogP contribution >= 0.6 is 11.6 Å². The lowest BCUT2D eigenvalue weighted by Gasteiger charge is -2.69. The molecule has 3 N–H and O–H groups in total. The highest BCUT2D eigenvalue weighted by Crippen LogP contribution is 2.74. The molecule has 198 valence electrons. The first-order chi connectivity index (χ1) is 16.7. The van der Waals surface area contributed by atoms with Gasteiger partial charge in [-0.2, -0.15) is 0 Å². The first-order valence-electron chi connectivity index (χ1n) is 13.3. The van der Waals surface area contributed by atoms with Crippen molar-refractivity contribution in [1.82, 2.24) is 0 Å². The number of hydrogen-bond acceptors (Lipinski definition) is 7. The zero-order valence-electron chi connectivity index (χ0n) is 21.4. The molecule has 11 unspecified atom stereocenters. The minimum atomic E-state index is -1.68. The number of alkyl halides is 1. The molecule has 8 heteroatoms. The Kier molecular flexibility index (Phi) is 5.18. The van der Waals surface area contributed by atoms with Crippen molar-refractivity contribution in [2.24, 2.45) is 34.5 Å². The number of aliphatic hydroxyl groups is 3. The van der Waals surface area contributed by atoms with Crippen LogP contribution in [0, 0.1) is 34.5 Å². The van der Waals surface area contributed by atoms with E-state index in [2.05, 4.69) is 0 Å². The molecule has 2 heterocycles. The van der Waals surface area contributed by atoms with Gasteiger partial charge in [-0.1, -0.05) is 25.5 Å². The van der Waals surface area contributed by atoms with Gasteiger partial charge in [-0.3, -0.25) is 4.79 Å². The van der Waals surface area contributed by atoms with E-state index < -0.39 is 45.2 Å². The fraction of sp³-hybridized carbons (Fsp3) is 0.786. The summed E-state index contributed by atoms with van der Waals surface area (Å²) in [5.74, 6) is -3.29. The number of hydrogen-bond donors (Lipinski definition) is 3. The summed E-state index contributed by atoms with van der Waals surface area (Å²) in [6.45, 7) is 7.45. The number of fused-ring (bicyclic) bond motifs is 4. The van der Waals surface area contributed by atoms with Gasteiger partial charge in [-0.25, -0.2) is 4.79 Å². The molecule has 11 atom stereocenters. The molecule has 2 aliphatic heterocycles. The molecule has 6 rings (SSSR count). The van der Waals surface area contributed by atoms with Gasteiger partial charge in [0.15, 0.2) is 11.6 Å². The van der Waals surface area contributed by atoms with Gasteiger partial charge in [-0.15, -0.1) is 11.6 Å². The molecule has 0 aromatic rings. The van der Waals surface area contributed by atoms with Crippen LogP contribution in [0.5, 0.6) is 0 Å². The summed E-state index contributed by atoms with van der Waals surface area (Å²) in [7, 11) is 0. The van der Waals surface area contributed by atoms with Crippen molar-refractivity contribution < 1.29 is 34.4 Å². The molecular weight excluding hydrogens is 484 g/mol. The van der Waals surface area contributed by atoms with Crippen LogP contribution in [0.1, 0.15) is 66.2 Å². The number of ether oxygens (including phenoxy) is 2. The number of carbonyl (C=O) groups is 2. The second-order valence-electron chi connectivity index (χ2n) is 12.8. The first-order valence-corrected chi connectivity index (χ1v) is 13.7. The lowest BCUT2D eigenvalue weighted by atomic mass is 9.41. The molecular formula is C28H37ClO7. The second kappa shape index (κ2) is 7.44. The predicted molar refractivity (Wildman–Crippen MR) is 131 cm³/mol. The Hall–Kier alpha value is -1.25. The van der Waals surface area contributed by atoms with E-state index in [1.165, 1.54) is 0 Å². The monoisotopic (exact) mass is 520 g/mol. The average Bonchev–Trinajstić information content (AvgIpc) is 3.09. The molecule has 1 saturated heterocycles. The Morgan fingerprint density at radius 3 is 2.53 bits per heavy atom. The van der Waals surface area contributed by atoms with Gasteiger partial charge in [0.05, 0.1) is 34.0 Å². The van der Waals surface area contributed by atoms with E-state index in [-0.39, 0.29) is 42.5 Å². The molecule has 0 radical (unpaired) electrons. The van der Waals surface area contributed by atoms with Gasteiger partial charge in [0.1, 0.15) is 6.10 Å². The summed E-state index contributed by atoms with van der Waals surface area (Å²) in [5, 5.41) is 36.0. The van der Waals surface area contributed by atoms with Crippen molar-refractivity contribution >= 4 is 23.4 Å². The molecule has 0 amide bonds. The van der Waals surface area contributed by atoms with Gasteiger partial charge in [0.2, 0.25) is 0 Å². The van der Waals surface area contributed by atoms with Crippen LogP contribution in [0.3, 0.4) is 0 Å². The van der Waals surface area contributed by atoms with Crippen LogP contribution in [0.2, 0.25) is 0 Å². The third kappa shape index (κ3) is 2.64. The zero-order valence-corrected chi connectivity index (χ0v) is 22.2. The molecule has 36 heavy (non-hydrogen) atoms. The normalized spacial score (nSPS) is 56.1. The number of halogens is 1. The van der Waals surface area contributed by atoms with Gasteiger partial charge < -0.3 is 24.8 Å². The average molecular weight is 521 g/mol. The summed E-state index contributed by atoms with van der Waals surface area (Å²) in [6.07, 6.45) is 4.37. The summed E-state index contributed by atoms with van der Waals surface area (Å²) in [4.78, 5) is 24.8. The molecule has 6 aliphatic rings. The van der Waals surface area contributed by atoms with Crippen LogP contribution < -0.4 is 0 Å². The summed E-state index contributed by atoms with van der Waals surface area (Å²) >= 11 is 7.08. The highest BCUT2D eigenvalue weighted by Gasteiger charge is 2.80. The lowest BCUT2D eigenvalue weighted by molar-refractivity contribution is -0.399. The SMILES string of the molecule is CC1=C(C)C(=O)OC(C2COC3(O)CC4C(CC(O)C5(Cl)CC=CC(=O)C45C)C4CCC2(O)C43C)C1. The van der Waals surface area contributed by atoms with Crippen LogP contribution in [-0.4, -0.2) is 62.1 Å². The number of rotatable bonds is 1. The molecule has 4 fully saturated rings. The largest absolute Gasteiger partial charge is 0.458 e. The molecule has 3 saturated carbocycles. The van der Waals surface area contributed by atoms with Crippen LogP contribution in [0.15, 0.2) is 23.3 Å². The summed E-state index contributed by atoms with van der Waals surface area (Å²) < 4.78 is 12.1. The van der Waals surface area contributed by atoms with Crippen molar-refractivity contribution in [2.75, 3.05) is 6.61 Å². The fourth-order valence-electron chi connectivity index (χ4n) is 9.44. The standard InChI is InChI=1S/C28H37ClO7/c1-14-10-20(36-23(32)15(14)2)19-13-35-28(34)12-18-16(17-7-9-27(19,33)25(17,28)4)11-22(31)26(29)8-5-6-21(30)24(18,26)3/h5-6,16-20,22,31,33-34H,7-13H2,1-4H3. The minimum absolute atomic E-state index is 0.0518. The van der Waals surface area contributed by atoms with Crippen LogP contribution in [-0.2, 0) is 19.1 Å². The number of allylic oxidation sites excluding steroid dienone is 2. The fourth-order valence-corrected chi connectivity index (χ4v) is 9.86. The molecule has 0 bridgehead atoms.